The van der Waals surface area contributed by atoms with Crippen molar-refractivity contribution in [1.29, 1.82) is 0 Å². The molecule has 2 aromatic carbocycles. The number of fused-ring (bicyclic) bond motifs is 1. The Morgan fingerprint density at radius 1 is 0.976 bits per heavy atom. The van der Waals surface area contributed by atoms with Crippen molar-refractivity contribution in [2.24, 2.45) is 0 Å². The number of amides is 1. The van der Waals surface area contributed by atoms with Crippen LogP contribution < -0.4 is 14.9 Å². The number of carboxylic acids is 1. The molecule has 0 unspecified atom stereocenters. The van der Waals surface area contributed by atoms with Crippen molar-refractivity contribution in [2.75, 3.05) is 48.9 Å². The molecule has 2 heterocycles. The zero-order valence-electron chi connectivity index (χ0n) is 23.0. The lowest BCUT2D eigenvalue weighted by molar-refractivity contribution is -0.122. The summed E-state index contributed by atoms with van der Waals surface area (Å²) in [5.41, 5.74) is 2.33. The van der Waals surface area contributed by atoms with Crippen LogP contribution in [0.5, 0.6) is 0 Å². The summed E-state index contributed by atoms with van der Waals surface area (Å²) in [7, 11) is -3.87. The van der Waals surface area contributed by atoms with Crippen LogP contribution in [0.25, 0.3) is 10.9 Å². The number of carbonyl (C=O) groups is 2. The molecule has 3 aromatic rings. The van der Waals surface area contributed by atoms with Gasteiger partial charge in [0.15, 0.2) is 0 Å². The number of benzene rings is 2. The molecule has 1 aliphatic heterocycles. The van der Waals surface area contributed by atoms with Gasteiger partial charge < -0.3 is 15.3 Å². The zero-order valence-corrected chi connectivity index (χ0v) is 26.3. The van der Waals surface area contributed by atoms with Crippen molar-refractivity contribution < 1.29 is 23.1 Å². The molecule has 0 saturated carbocycles. The Bertz CT molecular complexity index is 1480. The van der Waals surface area contributed by atoms with E-state index in [0.29, 0.717) is 61.6 Å². The number of halogens is 3. The SMILES string of the molecule is CCCNC(=O)CN1CCN(c2cc(C(=O)O)c3cc(NS(=O)(=O)c4ccc(C)cc4C)ccc3n2)CC1.Cl.Cl.Cl. The average molecular weight is 649 g/mol. The lowest BCUT2D eigenvalue weighted by atomic mass is 10.1. The first-order chi connectivity index (χ1) is 18.1. The molecule has 0 aliphatic carbocycles. The number of carbonyl (C=O) groups excluding carboxylic acids is 1. The first-order valence-electron chi connectivity index (χ1n) is 12.6. The molecular weight excluding hydrogens is 613 g/mol. The van der Waals surface area contributed by atoms with Crippen LogP contribution in [0, 0.1) is 13.8 Å². The molecule has 1 fully saturated rings. The molecule has 1 aliphatic rings. The molecule has 3 N–H and O–H groups in total. The number of hydrogen-bond donors (Lipinski definition) is 3. The minimum Gasteiger partial charge on any atom is -0.478 e. The van der Waals surface area contributed by atoms with Gasteiger partial charge in [0, 0.05) is 43.8 Å². The summed E-state index contributed by atoms with van der Waals surface area (Å²) >= 11 is 0. The third-order valence-electron chi connectivity index (χ3n) is 6.53. The maximum absolute atomic E-state index is 13.0. The van der Waals surface area contributed by atoms with E-state index in [1.54, 1.807) is 37.3 Å². The fourth-order valence-corrected chi connectivity index (χ4v) is 5.86. The summed E-state index contributed by atoms with van der Waals surface area (Å²) in [5.74, 6) is -0.589. The maximum Gasteiger partial charge on any atom is 0.336 e. The Morgan fingerprint density at radius 3 is 2.27 bits per heavy atom. The van der Waals surface area contributed by atoms with Gasteiger partial charge in [-0.15, -0.1) is 37.2 Å². The summed E-state index contributed by atoms with van der Waals surface area (Å²) < 4.78 is 28.6. The summed E-state index contributed by atoms with van der Waals surface area (Å²) in [6.07, 6.45) is 0.888. The van der Waals surface area contributed by atoms with Crippen molar-refractivity contribution in [3.05, 3.63) is 59.2 Å². The summed E-state index contributed by atoms with van der Waals surface area (Å²) in [6.45, 7) is 9.14. The smallest absolute Gasteiger partial charge is 0.336 e. The fourth-order valence-electron chi connectivity index (χ4n) is 4.58. The topological polar surface area (TPSA) is 132 Å². The molecule has 4 rings (SSSR count). The molecule has 14 heteroatoms. The number of carboxylic acid groups (broad SMARTS) is 1. The number of nitrogens with zero attached hydrogens (tertiary/aromatic N) is 3. The summed E-state index contributed by atoms with van der Waals surface area (Å²) in [6, 6.07) is 11.3. The van der Waals surface area contributed by atoms with Gasteiger partial charge in [-0.2, -0.15) is 0 Å². The third-order valence-corrected chi connectivity index (χ3v) is 8.07. The van der Waals surface area contributed by atoms with Gasteiger partial charge in [-0.3, -0.25) is 14.4 Å². The Kier molecular flexibility index (Phi) is 13.6. The van der Waals surface area contributed by atoms with Crippen LogP contribution in [-0.4, -0.2) is 74.6 Å². The van der Waals surface area contributed by atoms with Crippen LogP contribution in [0.15, 0.2) is 47.4 Å². The van der Waals surface area contributed by atoms with Gasteiger partial charge in [0.05, 0.1) is 22.5 Å². The molecule has 0 atom stereocenters. The Labute approximate surface area is 259 Å². The van der Waals surface area contributed by atoms with Gasteiger partial charge in [0.1, 0.15) is 5.82 Å². The van der Waals surface area contributed by atoms with Crippen LogP contribution >= 0.6 is 37.2 Å². The van der Waals surface area contributed by atoms with Gasteiger partial charge >= 0.3 is 5.97 Å². The third kappa shape index (κ3) is 8.83. The Morgan fingerprint density at radius 2 is 1.66 bits per heavy atom. The van der Waals surface area contributed by atoms with E-state index < -0.39 is 16.0 Å². The van der Waals surface area contributed by atoms with E-state index in [2.05, 4.69) is 19.9 Å². The van der Waals surface area contributed by atoms with Crippen LogP contribution in [0.2, 0.25) is 0 Å². The molecular formula is C27H36Cl3N5O5S. The molecule has 1 aromatic heterocycles. The maximum atomic E-state index is 13.0. The molecule has 0 spiro atoms. The number of piperazine rings is 1. The summed E-state index contributed by atoms with van der Waals surface area (Å²) in [4.78, 5) is 33.1. The van der Waals surface area contributed by atoms with Crippen molar-refractivity contribution in [3.8, 4) is 0 Å². The molecule has 1 saturated heterocycles. The van der Waals surface area contributed by atoms with Gasteiger partial charge in [-0.05, 0) is 56.2 Å². The highest BCUT2D eigenvalue weighted by atomic mass is 35.5. The van der Waals surface area contributed by atoms with E-state index >= 15 is 0 Å². The highest BCUT2D eigenvalue weighted by Crippen LogP contribution is 2.28. The van der Waals surface area contributed by atoms with Gasteiger partial charge in [0.25, 0.3) is 10.0 Å². The van der Waals surface area contributed by atoms with Crippen LogP contribution in [0.4, 0.5) is 11.5 Å². The van der Waals surface area contributed by atoms with E-state index in [0.717, 1.165) is 12.0 Å². The monoisotopic (exact) mass is 647 g/mol. The zero-order chi connectivity index (χ0) is 27.4. The van der Waals surface area contributed by atoms with Gasteiger partial charge in [0.2, 0.25) is 5.91 Å². The first kappa shape index (κ1) is 36.2. The van der Waals surface area contributed by atoms with Crippen LogP contribution in [0.1, 0.15) is 34.8 Å². The predicted molar refractivity (Wildman–Crippen MR) is 169 cm³/mol. The van der Waals surface area contributed by atoms with E-state index in [1.165, 1.54) is 12.1 Å². The van der Waals surface area contributed by atoms with Crippen LogP contribution in [0.3, 0.4) is 0 Å². The number of sulfonamides is 1. The number of hydrogen-bond acceptors (Lipinski definition) is 7. The van der Waals surface area contributed by atoms with Gasteiger partial charge in [-0.25, -0.2) is 18.2 Å². The molecule has 1 amide bonds. The standard InChI is InChI=1S/C27H33N5O5S.3ClH/c1-4-9-28-26(33)17-31-10-12-32(13-11-31)25-16-22(27(34)35)21-15-20(6-7-23(21)29-25)30-38(36,37)24-8-5-18(2)14-19(24)3;;;/h5-8,14-16,30H,4,9-13,17H2,1-3H3,(H,28,33)(H,34,35);3*1H. The minimum absolute atomic E-state index is 0. The largest absolute Gasteiger partial charge is 0.478 e. The number of nitrogens with one attached hydrogen (secondary N) is 2. The summed E-state index contributed by atoms with van der Waals surface area (Å²) in [5, 5.41) is 13.2. The fraction of sp³-hybridized carbons (Fsp3) is 0.370. The molecule has 10 nitrogen and oxygen atoms in total. The van der Waals surface area contributed by atoms with E-state index in [1.807, 2.05) is 18.7 Å². The number of aromatic carboxylic acids is 1. The quantitative estimate of drug-likeness (QED) is 0.314. The molecule has 41 heavy (non-hydrogen) atoms. The molecule has 226 valence electrons. The normalized spacial score (nSPS) is 13.4. The lowest BCUT2D eigenvalue weighted by Gasteiger charge is -2.35. The van der Waals surface area contributed by atoms with Crippen molar-refractivity contribution in [1.82, 2.24) is 15.2 Å². The van der Waals surface area contributed by atoms with E-state index in [9.17, 15) is 23.1 Å². The second-order valence-corrected chi connectivity index (χ2v) is 11.2. The lowest BCUT2D eigenvalue weighted by Crippen LogP contribution is -2.49. The molecule has 0 radical (unpaired) electrons. The predicted octanol–water partition coefficient (Wildman–Crippen LogP) is 4.26. The Hall–Kier alpha value is -2.83. The van der Waals surface area contributed by atoms with E-state index in [4.69, 9.17) is 0 Å². The second kappa shape index (κ2) is 15.4. The van der Waals surface area contributed by atoms with Crippen molar-refractivity contribution in [3.63, 3.8) is 0 Å². The molecule has 0 bridgehead atoms. The number of rotatable bonds is 9. The number of pyridine rings is 1. The van der Waals surface area contributed by atoms with E-state index in [-0.39, 0.29) is 59.3 Å². The first-order valence-corrected chi connectivity index (χ1v) is 14.1. The highest BCUT2D eigenvalue weighted by Gasteiger charge is 2.23. The van der Waals surface area contributed by atoms with Crippen molar-refractivity contribution >= 4 is 81.5 Å². The number of anilines is 2. The average Bonchev–Trinajstić information content (AvgIpc) is 2.86. The minimum atomic E-state index is -3.87. The van der Waals surface area contributed by atoms with Crippen LogP contribution in [-0.2, 0) is 14.8 Å². The van der Waals surface area contributed by atoms with Crippen molar-refractivity contribution in [2.45, 2.75) is 32.1 Å². The number of aromatic nitrogens is 1. The van der Waals surface area contributed by atoms with Gasteiger partial charge in [-0.1, -0.05) is 24.6 Å². The Balaban J connectivity index is 0.00000280. The highest BCUT2D eigenvalue weighted by molar-refractivity contribution is 7.92. The second-order valence-electron chi connectivity index (χ2n) is 9.55. The number of aryl methyl sites for hydroxylation is 2.